The van der Waals surface area contributed by atoms with Crippen LogP contribution in [0.3, 0.4) is 0 Å². The second-order valence-corrected chi connectivity index (χ2v) is 4.47. The number of nitrogens with zero attached hydrogens (tertiary/aromatic N) is 1. The Morgan fingerprint density at radius 1 is 1.26 bits per heavy atom. The molecule has 1 heterocycles. The minimum atomic E-state index is -0.605. The lowest BCUT2D eigenvalue weighted by molar-refractivity contribution is 0.563. The average molecular weight is 263 g/mol. The summed E-state index contributed by atoms with van der Waals surface area (Å²) in [4.78, 5) is 3.98. The first-order chi connectivity index (χ1) is 8.99. The van der Waals surface area contributed by atoms with Gasteiger partial charge in [-0.05, 0) is 36.6 Å². The maximum Gasteiger partial charge on any atom is 0.129 e. The molecule has 0 aliphatic rings. The third-order valence-electron chi connectivity index (χ3n) is 3.06. The molecule has 19 heavy (non-hydrogen) atoms. The van der Waals surface area contributed by atoms with Crippen molar-refractivity contribution < 1.29 is 8.78 Å². The fourth-order valence-corrected chi connectivity index (χ4v) is 2.10. The van der Waals surface area contributed by atoms with E-state index in [0.29, 0.717) is 16.9 Å². The second kappa shape index (κ2) is 5.32. The van der Waals surface area contributed by atoms with Gasteiger partial charge in [0, 0.05) is 23.9 Å². The lowest BCUT2D eigenvalue weighted by atomic mass is 9.96. The van der Waals surface area contributed by atoms with Gasteiger partial charge in [-0.2, -0.15) is 0 Å². The highest BCUT2D eigenvalue weighted by Crippen LogP contribution is 2.24. The van der Waals surface area contributed by atoms with Crippen LogP contribution in [0, 0.1) is 18.6 Å². The summed E-state index contributed by atoms with van der Waals surface area (Å²) in [6.45, 7) is 1.87. The minimum absolute atomic E-state index is 0.239. The Bertz CT molecular complexity index is 579. The summed E-state index contributed by atoms with van der Waals surface area (Å²) >= 11 is 0. The van der Waals surface area contributed by atoms with Crippen molar-refractivity contribution in [3.63, 3.8) is 0 Å². The zero-order valence-electron chi connectivity index (χ0n) is 10.5. The van der Waals surface area contributed by atoms with E-state index in [1.54, 1.807) is 12.3 Å². The van der Waals surface area contributed by atoms with Gasteiger partial charge in [0.1, 0.15) is 17.5 Å². The van der Waals surface area contributed by atoms with Gasteiger partial charge in [0.25, 0.3) is 0 Å². The molecule has 0 fully saturated rings. The van der Waals surface area contributed by atoms with Gasteiger partial charge in [-0.25, -0.2) is 13.8 Å². The topological polar surface area (TPSA) is 64.9 Å². The second-order valence-electron chi connectivity index (χ2n) is 4.47. The van der Waals surface area contributed by atoms with Crippen LogP contribution in [0.5, 0.6) is 0 Å². The van der Waals surface area contributed by atoms with Crippen LogP contribution in [0.15, 0.2) is 30.5 Å². The summed E-state index contributed by atoms with van der Waals surface area (Å²) in [6, 6.07) is 4.78. The molecule has 5 heteroatoms. The van der Waals surface area contributed by atoms with E-state index in [0.717, 1.165) is 11.6 Å². The first kappa shape index (κ1) is 13.4. The molecule has 1 atom stereocenters. The number of hydrogen-bond donors (Lipinski definition) is 2. The van der Waals surface area contributed by atoms with E-state index in [4.69, 9.17) is 11.5 Å². The predicted octanol–water partition coefficient (Wildman–Crippen LogP) is 2.49. The maximum absolute atomic E-state index is 13.6. The number of benzene rings is 1. The highest BCUT2D eigenvalue weighted by Gasteiger charge is 2.16. The van der Waals surface area contributed by atoms with Crippen molar-refractivity contribution in [1.29, 1.82) is 0 Å². The molecule has 0 spiro atoms. The highest BCUT2D eigenvalue weighted by atomic mass is 19.1. The molecule has 1 aromatic heterocycles. The molecule has 1 aromatic carbocycles. The standard InChI is InChI=1S/C14H15F2N3/c1-8-4-5-19-14(18)13(8)12(17)6-9-2-3-10(15)7-11(9)16/h2-5,7,12H,6,17H2,1H3,(H2,18,19). The molecule has 0 aliphatic carbocycles. The van der Waals surface area contributed by atoms with E-state index in [1.807, 2.05) is 6.92 Å². The van der Waals surface area contributed by atoms with Crippen LogP contribution < -0.4 is 11.5 Å². The molecule has 0 saturated heterocycles. The third kappa shape index (κ3) is 2.88. The molecule has 3 nitrogen and oxygen atoms in total. The van der Waals surface area contributed by atoms with Crippen molar-refractivity contribution in [2.24, 2.45) is 5.73 Å². The first-order valence-electron chi connectivity index (χ1n) is 5.89. The predicted molar refractivity (Wildman–Crippen MR) is 70.4 cm³/mol. The zero-order valence-corrected chi connectivity index (χ0v) is 10.5. The van der Waals surface area contributed by atoms with Crippen molar-refractivity contribution in [2.75, 3.05) is 5.73 Å². The van der Waals surface area contributed by atoms with Crippen LogP contribution >= 0.6 is 0 Å². The molecule has 0 radical (unpaired) electrons. The molecule has 100 valence electrons. The van der Waals surface area contributed by atoms with Crippen molar-refractivity contribution in [3.8, 4) is 0 Å². The quantitative estimate of drug-likeness (QED) is 0.894. The van der Waals surface area contributed by atoms with Crippen LogP contribution in [0.4, 0.5) is 14.6 Å². The van der Waals surface area contributed by atoms with Gasteiger partial charge < -0.3 is 11.5 Å². The number of nitrogen functional groups attached to an aromatic ring is 1. The fraction of sp³-hybridized carbons (Fsp3) is 0.214. The average Bonchev–Trinajstić information content (AvgIpc) is 2.32. The van der Waals surface area contributed by atoms with Crippen molar-refractivity contribution in [1.82, 2.24) is 4.98 Å². The number of rotatable bonds is 3. The Hall–Kier alpha value is -2.01. The van der Waals surface area contributed by atoms with Gasteiger partial charge in [-0.1, -0.05) is 6.07 Å². The zero-order chi connectivity index (χ0) is 14.0. The number of hydrogen-bond acceptors (Lipinski definition) is 3. The van der Waals surface area contributed by atoms with Crippen LogP contribution in [-0.2, 0) is 6.42 Å². The van der Waals surface area contributed by atoms with E-state index >= 15 is 0 Å². The van der Waals surface area contributed by atoms with E-state index < -0.39 is 17.7 Å². The Kier molecular flexibility index (Phi) is 3.76. The Balaban J connectivity index is 2.28. The fourth-order valence-electron chi connectivity index (χ4n) is 2.10. The van der Waals surface area contributed by atoms with E-state index in [-0.39, 0.29) is 6.42 Å². The molecule has 2 rings (SSSR count). The van der Waals surface area contributed by atoms with Gasteiger partial charge in [0.2, 0.25) is 0 Å². The molecule has 4 N–H and O–H groups in total. The summed E-state index contributed by atoms with van der Waals surface area (Å²) in [5, 5.41) is 0. The number of halogens is 2. The van der Waals surface area contributed by atoms with Crippen molar-refractivity contribution in [3.05, 3.63) is 58.8 Å². The molecule has 2 aromatic rings. The minimum Gasteiger partial charge on any atom is -0.383 e. The number of anilines is 1. The summed E-state index contributed by atoms with van der Waals surface area (Å²) in [5.74, 6) is -0.863. The summed E-state index contributed by atoms with van der Waals surface area (Å²) in [7, 11) is 0. The molecule has 1 unspecified atom stereocenters. The van der Waals surface area contributed by atoms with E-state index in [9.17, 15) is 8.78 Å². The molecule has 0 bridgehead atoms. The first-order valence-corrected chi connectivity index (χ1v) is 5.89. The molecular weight excluding hydrogens is 248 g/mol. The number of aromatic nitrogens is 1. The molecule has 0 aliphatic heterocycles. The normalized spacial score (nSPS) is 12.4. The van der Waals surface area contributed by atoms with Crippen molar-refractivity contribution >= 4 is 5.82 Å². The molecule has 0 amide bonds. The van der Waals surface area contributed by atoms with E-state index in [2.05, 4.69) is 4.98 Å². The van der Waals surface area contributed by atoms with Gasteiger partial charge in [-0.3, -0.25) is 0 Å². The van der Waals surface area contributed by atoms with Crippen LogP contribution in [-0.4, -0.2) is 4.98 Å². The summed E-state index contributed by atoms with van der Waals surface area (Å²) in [6.07, 6.45) is 1.84. The number of aryl methyl sites for hydroxylation is 1. The Labute approximate surface area is 110 Å². The van der Waals surface area contributed by atoms with Crippen LogP contribution in [0.2, 0.25) is 0 Å². The monoisotopic (exact) mass is 263 g/mol. The van der Waals surface area contributed by atoms with Crippen molar-refractivity contribution in [2.45, 2.75) is 19.4 Å². The maximum atomic E-state index is 13.6. The number of nitrogens with two attached hydrogens (primary N) is 2. The third-order valence-corrected chi connectivity index (χ3v) is 3.06. The lowest BCUT2D eigenvalue weighted by Gasteiger charge is -2.16. The Morgan fingerprint density at radius 2 is 2.00 bits per heavy atom. The highest BCUT2D eigenvalue weighted by molar-refractivity contribution is 5.46. The largest absolute Gasteiger partial charge is 0.383 e. The SMILES string of the molecule is Cc1ccnc(N)c1C(N)Cc1ccc(F)cc1F. The lowest BCUT2D eigenvalue weighted by Crippen LogP contribution is -2.18. The van der Waals surface area contributed by atoms with E-state index in [1.165, 1.54) is 12.1 Å². The number of pyridine rings is 1. The molecular formula is C14H15F2N3. The summed E-state index contributed by atoms with van der Waals surface area (Å²) in [5.41, 5.74) is 13.8. The van der Waals surface area contributed by atoms with Gasteiger partial charge in [0.15, 0.2) is 0 Å². The summed E-state index contributed by atoms with van der Waals surface area (Å²) < 4.78 is 26.4. The van der Waals surface area contributed by atoms with Gasteiger partial charge in [0.05, 0.1) is 0 Å². The van der Waals surface area contributed by atoms with Gasteiger partial charge in [-0.15, -0.1) is 0 Å². The Morgan fingerprint density at radius 3 is 2.63 bits per heavy atom. The van der Waals surface area contributed by atoms with Crippen LogP contribution in [0.25, 0.3) is 0 Å². The van der Waals surface area contributed by atoms with Crippen LogP contribution in [0.1, 0.15) is 22.7 Å². The molecule has 0 saturated carbocycles. The van der Waals surface area contributed by atoms with Gasteiger partial charge >= 0.3 is 0 Å². The smallest absolute Gasteiger partial charge is 0.129 e.